The van der Waals surface area contributed by atoms with Crippen LogP contribution < -0.4 is 4.74 Å². The molecule has 0 aromatic heterocycles. The molecule has 1 aromatic carbocycles. The van der Waals surface area contributed by atoms with E-state index in [1.807, 2.05) is 18.2 Å². The highest BCUT2D eigenvalue weighted by Gasteiger charge is 2.02. The monoisotopic (exact) mass is 284 g/mol. The average Bonchev–Trinajstić information content (AvgIpc) is 2.35. The van der Waals surface area contributed by atoms with E-state index in [0.29, 0.717) is 0 Å². The van der Waals surface area contributed by atoms with Gasteiger partial charge in [0.05, 0.1) is 14.2 Å². The summed E-state index contributed by atoms with van der Waals surface area (Å²) in [5.74, 6) is 0.344. The van der Waals surface area contributed by atoms with E-state index >= 15 is 0 Å². The van der Waals surface area contributed by atoms with Gasteiger partial charge in [0.2, 0.25) is 0 Å². The van der Waals surface area contributed by atoms with Gasteiger partial charge in [-0.3, -0.25) is 0 Å². The fourth-order valence-electron chi connectivity index (χ4n) is 1.22. The lowest BCUT2D eigenvalue weighted by molar-refractivity contribution is -0.134. The average molecular weight is 285 g/mol. The number of alkyl halides is 1. The lowest BCUT2D eigenvalue weighted by Gasteiger charge is -2.06. The van der Waals surface area contributed by atoms with Crippen molar-refractivity contribution in [1.82, 2.24) is 0 Å². The molecule has 0 saturated carbocycles. The van der Waals surface area contributed by atoms with E-state index in [1.165, 1.54) is 13.2 Å². The molecule has 86 valence electrons. The number of methoxy groups -OCH3 is 2. The lowest BCUT2D eigenvalue weighted by Crippen LogP contribution is -1.94. The Labute approximate surface area is 103 Å². The van der Waals surface area contributed by atoms with Gasteiger partial charge in [-0.25, -0.2) is 4.79 Å². The third-order valence-corrected chi connectivity index (χ3v) is 2.70. The summed E-state index contributed by atoms with van der Waals surface area (Å²) >= 11 is 3.38. The molecule has 1 aromatic rings. The minimum absolute atomic E-state index is 0.383. The Morgan fingerprint density at radius 3 is 2.75 bits per heavy atom. The van der Waals surface area contributed by atoms with E-state index in [-0.39, 0.29) is 5.97 Å². The fourth-order valence-corrected chi connectivity index (χ4v) is 1.57. The van der Waals surface area contributed by atoms with Gasteiger partial charge in [-0.15, -0.1) is 0 Å². The number of halogens is 1. The maximum absolute atomic E-state index is 11.0. The van der Waals surface area contributed by atoms with Crippen LogP contribution in [0.4, 0.5) is 0 Å². The van der Waals surface area contributed by atoms with E-state index in [0.717, 1.165) is 22.2 Å². The van der Waals surface area contributed by atoms with Crippen molar-refractivity contribution in [2.24, 2.45) is 0 Å². The number of benzene rings is 1. The first-order chi connectivity index (χ1) is 7.71. The lowest BCUT2D eigenvalue weighted by atomic mass is 10.1. The zero-order valence-electron chi connectivity index (χ0n) is 9.20. The van der Waals surface area contributed by atoms with E-state index in [9.17, 15) is 4.79 Å². The normalized spacial score (nSPS) is 10.4. The first kappa shape index (κ1) is 12.8. The summed E-state index contributed by atoms with van der Waals surface area (Å²) in [4.78, 5) is 11.0. The topological polar surface area (TPSA) is 35.5 Å². The van der Waals surface area contributed by atoms with Gasteiger partial charge >= 0.3 is 5.97 Å². The Morgan fingerprint density at radius 2 is 2.19 bits per heavy atom. The van der Waals surface area contributed by atoms with Gasteiger partial charge in [0.15, 0.2) is 0 Å². The summed E-state index contributed by atoms with van der Waals surface area (Å²) in [6.07, 6.45) is 3.05. The standard InChI is InChI=1S/C12H13BrO3/c1-15-11-5-3-9(8-13)7-10(11)4-6-12(14)16-2/h3-7H,8H2,1-2H3/b6-4+. The van der Waals surface area contributed by atoms with Crippen LogP contribution in [0, 0.1) is 0 Å². The molecule has 16 heavy (non-hydrogen) atoms. The highest BCUT2D eigenvalue weighted by Crippen LogP contribution is 2.22. The van der Waals surface area contributed by atoms with Crippen LogP contribution in [-0.2, 0) is 14.9 Å². The molecule has 0 fully saturated rings. The van der Waals surface area contributed by atoms with Crippen molar-refractivity contribution in [1.29, 1.82) is 0 Å². The Kier molecular flexibility index (Phi) is 5.05. The molecule has 1 rings (SSSR count). The molecule has 0 atom stereocenters. The molecule has 0 radical (unpaired) electrons. The fraction of sp³-hybridized carbons (Fsp3) is 0.250. The Balaban J connectivity index is 2.99. The molecular formula is C12H13BrO3. The number of hydrogen-bond acceptors (Lipinski definition) is 3. The third-order valence-electron chi connectivity index (χ3n) is 2.05. The summed E-state index contributed by atoms with van der Waals surface area (Å²) in [7, 11) is 2.94. The van der Waals surface area contributed by atoms with Crippen molar-refractivity contribution < 1.29 is 14.3 Å². The largest absolute Gasteiger partial charge is 0.496 e. The van der Waals surface area contributed by atoms with Gasteiger partial charge in [-0.1, -0.05) is 22.0 Å². The van der Waals surface area contributed by atoms with Crippen LogP contribution >= 0.6 is 15.9 Å². The molecule has 0 saturated heterocycles. The molecule has 0 aliphatic heterocycles. The van der Waals surface area contributed by atoms with Crippen LogP contribution in [0.2, 0.25) is 0 Å². The predicted molar refractivity (Wildman–Crippen MR) is 66.7 cm³/mol. The molecule has 0 N–H and O–H groups in total. The number of rotatable bonds is 4. The molecule has 0 amide bonds. The maximum Gasteiger partial charge on any atom is 0.330 e. The molecule has 0 unspecified atom stereocenters. The summed E-state index contributed by atoms with van der Waals surface area (Å²) in [5.41, 5.74) is 1.97. The van der Waals surface area contributed by atoms with Gasteiger partial charge in [-0.05, 0) is 23.8 Å². The van der Waals surface area contributed by atoms with Crippen molar-refractivity contribution in [3.8, 4) is 5.75 Å². The van der Waals surface area contributed by atoms with Crippen molar-refractivity contribution >= 4 is 28.0 Å². The van der Waals surface area contributed by atoms with Crippen LogP contribution in [0.5, 0.6) is 5.75 Å². The van der Waals surface area contributed by atoms with Gasteiger partial charge in [0.1, 0.15) is 5.75 Å². The van der Waals surface area contributed by atoms with E-state index in [1.54, 1.807) is 13.2 Å². The smallest absolute Gasteiger partial charge is 0.330 e. The van der Waals surface area contributed by atoms with Crippen molar-refractivity contribution in [2.75, 3.05) is 14.2 Å². The molecular weight excluding hydrogens is 272 g/mol. The first-order valence-corrected chi connectivity index (χ1v) is 5.82. The first-order valence-electron chi connectivity index (χ1n) is 4.70. The summed E-state index contributed by atoms with van der Waals surface area (Å²) in [5, 5.41) is 0.760. The second kappa shape index (κ2) is 6.33. The van der Waals surface area contributed by atoms with Gasteiger partial charge < -0.3 is 9.47 Å². The van der Waals surface area contributed by atoms with E-state index in [2.05, 4.69) is 20.7 Å². The Bertz CT molecular complexity index is 399. The van der Waals surface area contributed by atoms with Crippen LogP contribution in [-0.4, -0.2) is 20.2 Å². The van der Waals surface area contributed by atoms with Crippen molar-refractivity contribution in [3.05, 3.63) is 35.4 Å². The zero-order valence-corrected chi connectivity index (χ0v) is 10.8. The summed E-state index contributed by atoms with van der Waals surface area (Å²) in [6.45, 7) is 0. The molecule has 3 nitrogen and oxygen atoms in total. The molecule has 0 heterocycles. The number of esters is 1. The molecule has 4 heteroatoms. The molecule has 0 aliphatic carbocycles. The summed E-state index contributed by atoms with van der Waals surface area (Å²) in [6, 6.07) is 5.78. The van der Waals surface area contributed by atoms with Crippen LogP contribution in [0.25, 0.3) is 6.08 Å². The predicted octanol–water partition coefficient (Wildman–Crippen LogP) is 2.78. The minimum Gasteiger partial charge on any atom is -0.496 e. The Hall–Kier alpha value is -1.29. The molecule has 0 bridgehead atoms. The van der Waals surface area contributed by atoms with E-state index < -0.39 is 0 Å². The van der Waals surface area contributed by atoms with Crippen molar-refractivity contribution in [2.45, 2.75) is 5.33 Å². The molecule has 0 aliphatic rings. The van der Waals surface area contributed by atoms with Gasteiger partial charge in [0, 0.05) is 17.0 Å². The van der Waals surface area contributed by atoms with E-state index in [4.69, 9.17) is 4.74 Å². The third kappa shape index (κ3) is 3.38. The van der Waals surface area contributed by atoms with Crippen LogP contribution in [0.3, 0.4) is 0 Å². The van der Waals surface area contributed by atoms with Crippen LogP contribution in [0.1, 0.15) is 11.1 Å². The molecule has 0 spiro atoms. The number of carbonyl (C=O) groups is 1. The number of hydrogen-bond donors (Lipinski definition) is 0. The van der Waals surface area contributed by atoms with Gasteiger partial charge in [-0.2, -0.15) is 0 Å². The van der Waals surface area contributed by atoms with Gasteiger partial charge in [0.25, 0.3) is 0 Å². The number of ether oxygens (including phenoxy) is 2. The maximum atomic E-state index is 11.0. The van der Waals surface area contributed by atoms with Crippen molar-refractivity contribution in [3.63, 3.8) is 0 Å². The number of carbonyl (C=O) groups excluding carboxylic acids is 1. The minimum atomic E-state index is -0.383. The highest BCUT2D eigenvalue weighted by molar-refractivity contribution is 9.08. The SMILES string of the molecule is COC(=O)/C=C/c1cc(CBr)ccc1OC. The zero-order chi connectivity index (χ0) is 12.0. The summed E-state index contributed by atoms with van der Waals surface area (Å²) < 4.78 is 9.72. The second-order valence-electron chi connectivity index (χ2n) is 3.07. The second-order valence-corrected chi connectivity index (χ2v) is 3.63. The quantitative estimate of drug-likeness (QED) is 0.485. The highest BCUT2D eigenvalue weighted by atomic mass is 79.9. The van der Waals surface area contributed by atoms with Crippen LogP contribution in [0.15, 0.2) is 24.3 Å². The Morgan fingerprint density at radius 1 is 1.44 bits per heavy atom.